The zero-order valence-electron chi connectivity index (χ0n) is 16.9. The van der Waals surface area contributed by atoms with Crippen molar-refractivity contribution in [2.75, 3.05) is 5.43 Å². The molecule has 0 heterocycles. The predicted molar refractivity (Wildman–Crippen MR) is 127 cm³/mol. The molecule has 3 aromatic rings. The fourth-order valence-corrected chi connectivity index (χ4v) is 4.28. The van der Waals surface area contributed by atoms with E-state index in [1.54, 1.807) is 36.4 Å². The van der Waals surface area contributed by atoms with Gasteiger partial charge in [-0.25, -0.2) is 0 Å². The largest absolute Gasteiger partial charge is 0.486 e. The van der Waals surface area contributed by atoms with Crippen molar-refractivity contribution in [2.45, 2.75) is 12.8 Å². The van der Waals surface area contributed by atoms with E-state index >= 15 is 0 Å². The highest BCUT2D eigenvalue weighted by atomic mass is 79.9. The van der Waals surface area contributed by atoms with E-state index < -0.39 is 22.4 Å². The molecule has 34 heavy (non-hydrogen) atoms. The molecule has 0 bridgehead atoms. The van der Waals surface area contributed by atoms with E-state index in [1.165, 1.54) is 6.21 Å². The number of ether oxygens (including phenoxy) is 1. The van der Waals surface area contributed by atoms with Crippen molar-refractivity contribution in [3.8, 4) is 11.8 Å². The summed E-state index contributed by atoms with van der Waals surface area (Å²) < 4.78 is 45.5. The molecular formula is C22H13Br2F3N4O3. The number of alkyl halides is 3. The lowest BCUT2D eigenvalue weighted by atomic mass is 10.1. The SMILES string of the molecule is N#Cc1ccccc1COc1c(Br)cc(/C=N\Nc2ccc(C(F)(F)F)cc2[N+](=O)[O-])cc1Br. The van der Waals surface area contributed by atoms with Crippen LogP contribution in [0, 0.1) is 21.4 Å². The zero-order valence-corrected chi connectivity index (χ0v) is 20.1. The third kappa shape index (κ3) is 6.12. The molecule has 0 aromatic heterocycles. The third-order valence-electron chi connectivity index (χ3n) is 4.45. The number of anilines is 1. The molecule has 0 unspecified atom stereocenters. The minimum absolute atomic E-state index is 0.160. The van der Waals surface area contributed by atoms with Gasteiger partial charge in [-0.15, -0.1) is 0 Å². The molecule has 0 fully saturated rings. The number of nitro benzene ring substituents is 1. The maximum Gasteiger partial charge on any atom is 0.416 e. The molecule has 0 aliphatic heterocycles. The lowest BCUT2D eigenvalue weighted by molar-refractivity contribution is -0.384. The molecule has 3 rings (SSSR count). The normalized spacial score (nSPS) is 11.3. The number of nitriles is 1. The van der Waals surface area contributed by atoms with Gasteiger partial charge in [-0.05, 0) is 67.8 Å². The first-order valence-electron chi connectivity index (χ1n) is 9.34. The van der Waals surface area contributed by atoms with Crippen molar-refractivity contribution >= 4 is 49.4 Å². The number of hydrogen-bond acceptors (Lipinski definition) is 6. The van der Waals surface area contributed by atoms with Crippen LogP contribution >= 0.6 is 31.9 Å². The van der Waals surface area contributed by atoms with Crippen LogP contribution in [-0.4, -0.2) is 11.1 Å². The standard InChI is InChI=1S/C22H13Br2F3N4O3/c23-17-7-13(8-18(24)21(17)34-12-15-4-2-1-3-14(15)10-28)11-29-30-19-6-5-16(22(25,26)27)9-20(19)31(32)33/h1-9,11,30H,12H2/b29-11-. The number of hydrazone groups is 1. The summed E-state index contributed by atoms with van der Waals surface area (Å²) in [6.45, 7) is 0.160. The Balaban J connectivity index is 1.75. The first-order chi connectivity index (χ1) is 16.1. The van der Waals surface area contributed by atoms with Gasteiger partial charge in [-0.3, -0.25) is 15.5 Å². The number of rotatable bonds is 7. The number of benzene rings is 3. The second kappa shape index (κ2) is 10.7. The van der Waals surface area contributed by atoms with Gasteiger partial charge in [0.25, 0.3) is 5.69 Å². The smallest absolute Gasteiger partial charge is 0.416 e. The van der Waals surface area contributed by atoms with Gasteiger partial charge in [-0.1, -0.05) is 18.2 Å². The van der Waals surface area contributed by atoms with Crippen LogP contribution in [0.5, 0.6) is 5.75 Å². The van der Waals surface area contributed by atoms with Gasteiger partial charge in [0.1, 0.15) is 18.0 Å². The molecular weight excluding hydrogens is 585 g/mol. The maximum absolute atomic E-state index is 12.8. The van der Waals surface area contributed by atoms with Gasteiger partial charge < -0.3 is 4.74 Å². The van der Waals surface area contributed by atoms with Crippen LogP contribution in [-0.2, 0) is 12.8 Å². The van der Waals surface area contributed by atoms with Crippen LogP contribution in [0.3, 0.4) is 0 Å². The summed E-state index contributed by atoms with van der Waals surface area (Å²) in [6.07, 6.45) is -3.36. The van der Waals surface area contributed by atoms with Crippen molar-refractivity contribution in [2.24, 2.45) is 5.10 Å². The zero-order chi connectivity index (χ0) is 24.9. The molecule has 0 atom stereocenters. The Kier molecular flexibility index (Phi) is 7.90. The number of hydrogen-bond donors (Lipinski definition) is 1. The second-order valence-corrected chi connectivity index (χ2v) is 8.44. The molecule has 174 valence electrons. The monoisotopic (exact) mass is 596 g/mol. The minimum atomic E-state index is -4.70. The Hall–Kier alpha value is -3.43. The highest BCUT2D eigenvalue weighted by molar-refractivity contribution is 9.11. The molecule has 12 heteroatoms. The van der Waals surface area contributed by atoms with Crippen molar-refractivity contribution in [1.82, 2.24) is 0 Å². The van der Waals surface area contributed by atoms with E-state index in [0.717, 1.165) is 17.7 Å². The maximum atomic E-state index is 12.8. The molecule has 0 amide bonds. The van der Waals surface area contributed by atoms with E-state index in [0.29, 0.717) is 31.9 Å². The van der Waals surface area contributed by atoms with Crippen LogP contribution in [0.25, 0.3) is 0 Å². The fourth-order valence-electron chi connectivity index (χ4n) is 2.83. The Morgan fingerprint density at radius 1 is 1.15 bits per heavy atom. The predicted octanol–water partition coefficient (Wildman–Crippen LogP) is 7.04. The van der Waals surface area contributed by atoms with E-state index in [4.69, 9.17) is 4.74 Å². The van der Waals surface area contributed by atoms with Gasteiger partial charge >= 0.3 is 6.18 Å². The minimum Gasteiger partial charge on any atom is -0.486 e. The van der Waals surface area contributed by atoms with E-state index in [-0.39, 0.29) is 12.3 Å². The Morgan fingerprint density at radius 2 is 1.82 bits per heavy atom. The topological polar surface area (TPSA) is 101 Å². The third-order valence-corrected chi connectivity index (χ3v) is 5.63. The summed E-state index contributed by atoms with van der Waals surface area (Å²) in [7, 11) is 0. The summed E-state index contributed by atoms with van der Waals surface area (Å²) in [5.41, 5.74) is 2.11. The van der Waals surface area contributed by atoms with Gasteiger partial charge in [-0.2, -0.15) is 23.5 Å². The number of halogens is 5. The second-order valence-electron chi connectivity index (χ2n) is 6.73. The number of nitro groups is 1. The van der Waals surface area contributed by atoms with E-state index in [2.05, 4.69) is 48.5 Å². The molecule has 3 aromatic carbocycles. The molecule has 0 saturated carbocycles. The summed E-state index contributed by atoms with van der Waals surface area (Å²) in [4.78, 5) is 10.2. The summed E-state index contributed by atoms with van der Waals surface area (Å²) in [6, 6.07) is 14.6. The van der Waals surface area contributed by atoms with Gasteiger partial charge in [0.15, 0.2) is 0 Å². The van der Waals surface area contributed by atoms with Gasteiger partial charge in [0, 0.05) is 11.6 Å². The highest BCUT2D eigenvalue weighted by Crippen LogP contribution is 2.36. The van der Waals surface area contributed by atoms with Crippen LogP contribution in [0.2, 0.25) is 0 Å². The molecule has 1 N–H and O–H groups in total. The van der Waals surface area contributed by atoms with Crippen LogP contribution in [0.1, 0.15) is 22.3 Å². The summed E-state index contributed by atoms with van der Waals surface area (Å²) in [5, 5.41) is 24.3. The average molecular weight is 598 g/mol. The summed E-state index contributed by atoms with van der Waals surface area (Å²) >= 11 is 6.81. The Labute approximate surface area is 208 Å². The number of nitrogens with one attached hydrogen (secondary N) is 1. The Bertz CT molecular complexity index is 1280. The quantitative estimate of drug-likeness (QED) is 0.179. The van der Waals surface area contributed by atoms with Crippen molar-refractivity contribution in [3.63, 3.8) is 0 Å². The Morgan fingerprint density at radius 3 is 2.44 bits per heavy atom. The highest BCUT2D eigenvalue weighted by Gasteiger charge is 2.33. The lowest BCUT2D eigenvalue weighted by Crippen LogP contribution is -2.06. The van der Waals surface area contributed by atoms with Crippen molar-refractivity contribution < 1.29 is 22.8 Å². The molecule has 0 aliphatic carbocycles. The average Bonchev–Trinajstić information content (AvgIpc) is 2.78. The van der Waals surface area contributed by atoms with Crippen LogP contribution < -0.4 is 10.2 Å². The van der Waals surface area contributed by atoms with Crippen LogP contribution in [0.15, 0.2) is 68.6 Å². The fraction of sp³-hybridized carbons (Fsp3) is 0.0909. The van der Waals surface area contributed by atoms with Gasteiger partial charge in [0.05, 0.1) is 37.3 Å². The van der Waals surface area contributed by atoms with Crippen molar-refractivity contribution in [3.05, 3.63) is 95.9 Å². The lowest BCUT2D eigenvalue weighted by Gasteiger charge is -2.12. The van der Waals surface area contributed by atoms with E-state index in [9.17, 15) is 28.5 Å². The first-order valence-corrected chi connectivity index (χ1v) is 10.9. The van der Waals surface area contributed by atoms with Crippen molar-refractivity contribution in [1.29, 1.82) is 5.26 Å². The molecule has 0 spiro atoms. The summed E-state index contributed by atoms with van der Waals surface area (Å²) in [5.74, 6) is 0.483. The van der Waals surface area contributed by atoms with Gasteiger partial charge in [0.2, 0.25) is 0 Å². The molecule has 7 nitrogen and oxygen atoms in total. The van der Waals surface area contributed by atoms with Crippen LogP contribution in [0.4, 0.5) is 24.5 Å². The number of nitrogens with zero attached hydrogens (tertiary/aromatic N) is 3. The van der Waals surface area contributed by atoms with E-state index in [1.807, 2.05) is 0 Å². The first kappa shape index (κ1) is 25.2. The molecule has 0 radical (unpaired) electrons. The molecule has 0 aliphatic rings. The molecule has 0 saturated heterocycles.